The number of unbranched alkanes of at least 4 members (excludes halogenated alkanes) is 1. The maximum Gasteiger partial charge on any atom is 0.264 e. The molecule has 3 aromatic carbocycles. The van der Waals surface area contributed by atoms with E-state index in [1.807, 2.05) is 13.0 Å². The fourth-order valence-electron chi connectivity index (χ4n) is 3.65. The van der Waals surface area contributed by atoms with Gasteiger partial charge in [0.05, 0.1) is 10.6 Å². The van der Waals surface area contributed by atoms with Gasteiger partial charge in [0.15, 0.2) is 0 Å². The molecule has 182 valence electrons. The second-order valence-corrected chi connectivity index (χ2v) is 10.4. The van der Waals surface area contributed by atoms with E-state index in [1.54, 1.807) is 60.7 Å². The van der Waals surface area contributed by atoms with Crippen molar-refractivity contribution in [2.24, 2.45) is 0 Å². The molecule has 0 radical (unpaired) electrons. The molecule has 1 aliphatic rings. The molecule has 1 saturated carbocycles. The topological polar surface area (TPSA) is 95.6 Å². The lowest BCUT2D eigenvalue weighted by atomic mass is 10.1. The van der Waals surface area contributed by atoms with Crippen molar-refractivity contribution in [1.29, 1.82) is 0 Å². The number of nitrogens with zero attached hydrogens (tertiary/aromatic N) is 1. The zero-order chi connectivity index (χ0) is 24.8. The van der Waals surface area contributed by atoms with E-state index in [9.17, 15) is 18.0 Å². The van der Waals surface area contributed by atoms with Gasteiger partial charge < -0.3 is 10.6 Å². The molecule has 0 saturated heterocycles. The predicted molar refractivity (Wildman–Crippen MR) is 137 cm³/mol. The molecule has 1 fully saturated rings. The molecular weight excluding hydrogens is 462 g/mol. The van der Waals surface area contributed by atoms with Crippen LogP contribution in [0.5, 0.6) is 0 Å². The number of benzene rings is 3. The van der Waals surface area contributed by atoms with Gasteiger partial charge in [-0.1, -0.05) is 43.7 Å². The van der Waals surface area contributed by atoms with E-state index in [0.29, 0.717) is 29.9 Å². The lowest BCUT2D eigenvalue weighted by Crippen LogP contribution is -2.32. The normalized spacial score (nSPS) is 13.2. The zero-order valence-corrected chi connectivity index (χ0v) is 20.4. The van der Waals surface area contributed by atoms with E-state index >= 15 is 0 Å². The maximum absolute atomic E-state index is 13.5. The van der Waals surface area contributed by atoms with Gasteiger partial charge >= 0.3 is 0 Å². The van der Waals surface area contributed by atoms with Crippen molar-refractivity contribution < 1.29 is 18.0 Å². The summed E-state index contributed by atoms with van der Waals surface area (Å²) in [5, 5.41) is 5.69. The van der Waals surface area contributed by atoms with E-state index < -0.39 is 15.9 Å². The van der Waals surface area contributed by atoms with Gasteiger partial charge in [-0.15, -0.1) is 0 Å². The van der Waals surface area contributed by atoms with Crippen LogP contribution in [0, 0.1) is 0 Å². The highest BCUT2D eigenvalue weighted by Crippen LogP contribution is 2.25. The number of nitrogens with one attached hydrogen (secondary N) is 2. The molecule has 0 aromatic heterocycles. The second-order valence-electron chi connectivity index (χ2n) is 8.58. The van der Waals surface area contributed by atoms with E-state index in [-0.39, 0.29) is 22.4 Å². The quantitative estimate of drug-likeness (QED) is 0.425. The molecular formula is C27H29N3O4S. The lowest BCUT2D eigenvalue weighted by molar-refractivity contribution is 0.0949. The van der Waals surface area contributed by atoms with Crippen LogP contribution >= 0.6 is 0 Å². The summed E-state index contributed by atoms with van der Waals surface area (Å²) in [6.07, 6.45) is 3.53. The third-order valence-electron chi connectivity index (χ3n) is 5.74. The first-order valence-corrected chi connectivity index (χ1v) is 13.2. The van der Waals surface area contributed by atoms with Crippen molar-refractivity contribution in [2.75, 3.05) is 16.2 Å². The Hall–Kier alpha value is -3.65. The summed E-state index contributed by atoms with van der Waals surface area (Å²) in [6.45, 7) is 2.35. The summed E-state index contributed by atoms with van der Waals surface area (Å²) >= 11 is 0. The summed E-state index contributed by atoms with van der Waals surface area (Å²) in [4.78, 5) is 25.3. The lowest BCUT2D eigenvalue weighted by Gasteiger charge is -2.24. The molecule has 0 aliphatic heterocycles. The van der Waals surface area contributed by atoms with E-state index in [1.165, 1.54) is 16.4 Å². The van der Waals surface area contributed by atoms with Crippen LogP contribution in [-0.4, -0.2) is 32.8 Å². The maximum atomic E-state index is 13.5. The van der Waals surface area contributed by atoms with Crippen LogP contribution in [0.2, 0.25) is 0 Å². The fourth-order valence-corrected chi connectivity index (χ4v) is 5.20. The third kappa shape index (κ3) is 6.08. The van der Waals surface area contributed by atoms with Crippen LogP contribution in [0.4, 0.5) is 11.4 Å². The molecule has 35 heavy (non-hydrogen) atoms. The SMILES string of the molecule is CCCCN(c1ccccc1)S(=O)(=O)c1cccc(C(=O)Nc2cccc(C(=O)NC3CC3)c2)c1. The molecule has 2 amide bonds. The average molecular weight is 492 g/mol. The van der Waals surface area contributed by atoms with Gasteiger partial charge in [-0.05, 0) is 67.8 Å². The Balaban J connectivity index is 1.55. The van der Waals surface area contributed by atoms with Gasteiger partial charge in [0, 0.05) is 29.4 Å². The van der Waals surface area contributed by atoms with Crippen molar-refractivity contribution in [1.82, 2.24) is 5.32 Å². The molecule has 0 atom stereocenters. The smallest absolute Gasteiger partial charge is 0.264 e. The van der Waals surface area contributed by atoms with Crippen molar-refractivity contribution in [3.05, 3.63) is 90.0 Å². The van der Waals surface area contributed by atoms with Gasteiger partial charge in [0.1, 0.15) is 0 Å². The Morgan fingerprint density at radius 1 is 0.886 bits per heavy atom. The Bertz CT molecular complexity index is 1300. The van der Waals surface area contributed by atoms with Crippen molar-refractivity contribution >= 4 is 33.2 Å². The van der Waals surface area contributed by atoms with Crippen molar-refractivity contribution in [2.45, 2.75) is 43.5 Å². The van der Waals surface area contributed by atoms with Gasteiger partial charge in [-0.2, -0.15) is 0 Å². The molecule has 4 rings (SSSR count). The van der Waals surface area contributed by atoms with Crippen LogP contribution in [0.15, 0.2) is 83.8 Å². The highest BCUT2D eigenvalue weighted by molar-refractivity contribution is 7.92. The summed E-state index contributed by atoms with van der Waals surface area (Å²) in [6, 6.07) is 21.9. The van der Waals surface area contributed by atoms with Gasteiger partial charge in [-0.25, -0.2) is 8.42 Å². The summed E-state index contributed by atoms with van der Waals surface area (Å²) < 4.78 is 28.5. The molecule has 8 heteroatoms. The van der Waals surface area contributed by atoms with Crippen LogP contribution in [-0.2, 0) is 10.0 Å². The first kappa shape index (κ1) is 24.5. The Morgan fingerprint density at radius 3 is 2.26 bits per heavy atom. The Kier molecular flexibility index (Phi) is 7.51. The highest BCUT2D eigenvalue weighted by atomic mass is 32.2. The first-order valence-electron chi connectivity index (χ1n) is 11.8. The molecule has 1 aliphatic carbocycles. The number of amides is 2. The van der Waals surface area contributed by atoms with E-state index in [4.69, 9.17) is 0 Å². The number of carbonyl (C=O) groups excluding carboxylic acids is 2. The van der Waals surface area contributed by atoms with E-state index in [0.717, 1.165) is 19.3 Å². The summed E-state index contributed by atoms with van der Waals surface area (Å²) in [5.41, 5.74) is 1.71. The standard InChI is InChI=1S/C27H29N3O4S/c1-2-3-17-30(24-12-5-4-6-13-24)35(33,34)25-14-8-10-21(19-25)27(32)29-23-11-7-9-20(18-23)26(31)28-22-15-16-22/h4-14,18-19,22H,2-3,15-17H2,1H3,(H,28,31)(H,29,32). The molecule has 3 aromatic rings. The molecule has 0 bridgehead atoms. The largest absolute Gasteiger partial charge is 0.349 e. The van der Waals surface area contributed by atoms with Gasteiger partial charge in [0.25, 0.3) is 21.8 Å². The van der Waals surface area contributed by atoms with E-state index in [2.05, 4.69) is 10.6 Å². The Morgan fingerprint density at radius 2 is 1.57 bits per heavy atom. The number of anilines is 2. The molecule has 0 unspecified atom stereocenters. The average Bonchev–Trinajstić information content (AvgIpc) is 3.69. The molecule has 0 spiro atoms. The van der Waals surface area contributed by atoms with Crippen LogP contribution in [0.25, 0.3) is 0 Å². The summed E-state index contributed by atoms with van der Waals surface area (Å²) in [5.74, 6) is -0.633. The Labute approximate surface area is 206 Å². The third-order valence-corrected chi connectivity index (χ3v) is 7.56. The van der Waals surface area contributed by atoms with Crippen LogP contribution < -0.4 is 14.9 Å². The van der Waals surface area contributed by atoms with Crippen molar-refractivity contribution in [3.8, 4) is 0 Å². The number of rotatable bonds is 10. The predicted octanol–water partition coefficient (Wildman–Crippen LogP) is 4.83. The van der Waals surface area contributed by atoms with Crippen LogP contribution in [0.3, 0.4) is 0 Å². The number of para-hydroxylation sites is 1. The minimum absolute atomic E-state index is 0.0441. The van der Waals surface area contributed by atoms with Gasteiger partial charge in [-0.3, -0.25) is 13.9 Å². The van der Waals surface area contributed by atoms with Crippen molar-refractivity contribution in [3.63, 3.8) is 0 Å². The highest BCUT2D eigenvalue weighted by Gasteiger charge is 2.26. The van der Waals surface area contributed by atoms with Crippen LogP contribution in [0.1, 0.15) is 53.3 Å². The molecule has 7 nitrogen and oxygen atoms in total. The number of sulfonamides is 1. The monoisotopic (exact) mass is 491 g/mol. The minimum Gasteiger partial charge on any atom is -0.349 e. The number of carbonyl (C=O) groups is 2. The minimum atomic E-state index is -3.88. The molecule has 0 heterocycles. The fraction of sp³-hybridized carbons (Fsp3) is 0.259. The summed E-state index contributed by atoms with van der Waals surface area (Å²) in [7, 11) is -3.88. The van der Waals surface area contributed by atoms with Gasteiger partial charge in [0.2, 0.25) is 0 Å². The zero-order valence-electron chi connectivity index (χ0n) is 19.6. The number of hydrogen-bond donors (Lipinski definition) is 2. The second kappa shape index (κ2) is 10.7. The number of hydrogen-bond acceptors (Lipinski definition) is 4. The molecule has 2 N–H and O–H groups in total. The first-order chi connectivity index (χ1) is 16.9.